The largest absolute Gasteiger partial charge is 0.508 e. The van der Waals surface area contributed by atoms with Gasteiger partial charge in [0, 0.05) is 44.8 Å². The van der Waals surface area contributed by atoms with Gasteiger partial charge < -0.3 is 33.7 Å². The molecule has 0 saturated carbocycles. The Morgan fingerprint density at radius 1 is 1.17 bits per heavy atom. The van der Waals surface area contributed by atoms with Crippen molar-refractivity contribution in [1.82, 2.24) is 24.6 Å². The maximum Gasteiger partial charge on any atom is 0.508 e. The summed E-state index contributed by atoms with van der Waals surface area (Å²) in [6, 6.07) is 4.42. The van der Waals surface area contributed by atoms with Gasteiger partial charge in [-0.15, -0.1) is 0 Å². The van der Waals surface area contributed by atoms with E-state index in [1.165, 1.54) is 17.2 Å². The van der Waals surface area contributed by atoms with E-state index in [1.807, 2.05) is 4.90 Å². The molecule has 2 aliphatic rings. The standard InChI is InChI=1S/C26H28FN7O7/c1-2-39-26(38)40-16-18-14-34(25(37)41-18)17-3-4-21(19(27)11-17)31-7-9-32(10-8-31)23(35)13-29-24(36)20-15-33-6-5-28-12-22(33)30-20/h3-6,11-12,15,18H,2,7-10,13-14,16H2,1H3,(H,29,36)/t18-/m1/s1. The van der Waals surface area contributed by atoms with Crippen LogP contribution in [0, 0.1) is 5.82 Å². The number of rotatable bonds is 8. The van der Waals surface area contributed by atoms with Crippen LogP contribution in [0.3, 0.4) is 0 Å². The Balaban J connectivity index is 1.10. The number of nitrogens with one attached hydrogen (secondary N) is 1. The van der Waals surface area contributed by atoms with Crippen molar-refractivity contribution in [3.05, 3.63) is 54.5 Å². The van der Waals surface area contributed by atoms with Crippen LogP contribution in [0.25, 0.3) is 5.65 Å². The first-order valence-electron chi connectivity index (χ1n) is 13.0. The lowest BCUT2D eigenvalue weighted by Crippen LogP contribution is -2.51. The van der Waals surface area contributed by atoms with Crippen LogP contribution in [0.15, 0.2) is 43.0 Å². The number of benzene rings is 1. The third kappa shape index (κ3) is 6.28. The van der Waals surface area contributed by atoms with Crippen LogP contribution in [0.5, 0.6) is 0 Å². The van der Waals surface area contributed by atoms with Gasteiger partial charge in [0.2, 0.25) is 5.91 Å². The number of anilines is 2. The molecule has 2 aliphatic heterocycles. The second kappa shape index (κ2) is 12.1. The Labute approximate surface area is 233 Å². The monoisotopic (exact) mass is 569 g/mol. The highest BCUT2D eigenvalue weighted by Crippen LogP contribution is 2.28. The maximum atomic E-state index is 15.1. The van der Waals surface area contributed by atoms with Gasteiger partial charge in [-0.05, 0) is 25.1 Å². The summed E-state index contributed by atoms with van der Waals surface area (Å²) in [7, 11) is 0. The van der Waals surface area contributed by atoms with Crippen molar-refractivity contribution in [3.8, 4) is 0 Å². The lowest BCUT2D eigenvalue weighted by Gasteiger charge is -2.36. The first kappa shape index (κ1) is 27.6. The molecule has 41 heavy (non-hydrogen) atoms. The van der Waals surface area contributed by atoms with Gasteiger partial charge in [-0.2, -0.15) is 0 Å². The van der Waals surface area contributed by atoms with Gasteiger partial charge in [-0.25, -0.2) is 19.0 Å². The molecule has 0 unspecified atom stereocenters. The van der Waals surface area contributed by atoms with Crippen molar-refractivity contribution in [1.29, 1.82) is 0 Å². The number of hydrogen-bond donors (Lipinski definition) is 1. The van der Waals surface area contributed by atoms with Gasteiger partial charge in [0.1, 0.15) is 18.1 Å². The van der Waals surface area contributed by atoms with E-state index in [-0.39, 0.29) is 37.9 Å². The number of cyclic esters (lactones) is 1. The Morgan fingerprint density at radius 3 is 2.71 bits per heavy atom. The van der Waals surface area contributed by atoms with Crippen molar-refractivity contribution < 1.29 is 37.8 Å². The summed E-state index contributed by atoms with van der Waals surface area (Å²) in [4.78, 5) is 61.6. The molecule has 1 N–H and O–H groups in total. The molecule has 1 atom stereocenters. The number of carbonyl (C=O) groups excluding carboxylic acids is 4. The third-order valence-corrected chi connectivity index (χ3v) is 6.64. The number of fused-ring (bicyclic) bond motifs is 1. The first-order valence-corrected chi connectivity index (χ1v) is 13.0. The maximum absolute atomic E-state index is 15.1. The van der Waals surface area contributed by atoms with E-state index in [1.54, 1.807) is 46.9 Å². The van der Waals surface area contributed by atoms with Gasteiger partial charge in [-0.1, -0.05) is 0 Å². The molecular formula is C26H28FN7O7. The second-order valence-electron chi connectivity index (χ2n) is 9.26. The molecule has 5 rings (SSSR count). The molecule has 2 fully saturated rings. The number of imidazole rings is 1. The number of ether oxygens (including phenoxy) is 3. The fourth-order valence-corrected chi connectivity index (χ4v) is 4.57. The average Bonchev–Trinajstić information content (AvgIpc) is 3.58. The molecule has 0 aliphatic carbocycles. The zero-order valence-corrected chi connectivity index (χ0v) is 22.2. The van der Waals surface area contributed by atoms with Gasteiger partial charge >= 0.3 is 12.2 Å². The SMILES string of the molecule is CCOC(=O)OC[C@H]1CN(c2ccc(N3CCN(C(=O)CNC(=O)c4cn5ccncc5n4)CC3)c(F)c2)C(=O)O1. The molecule has 0 radical (unpaired) electrons. The van der Waals surface area contributed by atoms with E-state index in [2.05, 4.69) is 20.0 Å². The lowest BCUT2D eigenvalue weighted by molar-refractivity contribution is -0.130. The van der Waals surface area contributed by atoms with E-state index in [9.17, 15) is 19.2 Å². The predicted octanol–water partition coefficient (Wildman–Crippen LogP) is 1.45. The van der Waals surface area contributed by atoms with Crippen LogP contribution < -0.4 is 15.1 Å². The minimum atomic E-state index is -0.856. The normalized spacial score (nSPS) is 17.0. The minimum absolute atomic E-state index is 0.0860. The lowest BCUT2D eigenvalue weighted by atomic mass is 10.2. The average molecular weight is 570 g/mol. The number of amides is 3. The number of carbonyl (C=O) groups is 4. The molecule has 0 bridgehead atoms. The van der Waals surface area contributed by atoms with Crippen molar-refractivity contribution in [2.24, 2.45) is 0 Å². The van der Waals surface area contributed by atoms with Crippen LogP contribution in [0.2, 0.25) is 0 Å². The molecular weight excluding hydrogens is 541 g/mol. The van der Waals surface area contributed by atoms with Crippen LogP contribution >= 0.6 is 0 Å². The Hall–Kier alpha value is -4.95. The third-order valence-electron chi connectivity index (χ3n) is 6.64. The van der Waals surface area contributed by atoms with E-state index in [0.717, 1.165) is 0 Å². The molecule has 1 aromatic carbocycles. The summed E-state index contributed by atoms with van der Waals surface area (Å²) in [5.74, 6) is -1.26. The number of nitrogens with zero attached hydrogens (tertiary/aromatic N) is 6. The topological polar surface area (TPSA) is 148 Å². The molecule has 2 saturated heterocycles. The summed E-state index contributed by atoms with van der Waals surface area (Å²) >= 11 is 0. The molecule has 3 amide bonds. The van der Waals surface area contributed by atoms with Crippen molar-refractivity contribution in [2.75, 3.05) is 62.3 Å². The quantitative estimate of drug-likeness (QED) is 0.395. The summed E-state index contributed by atoms with van der Waals surface area (Å²) in [5, 5.41) is 2.59. The van der Waals surface area contributed by atoms with Crippen molar-refractivity contribution in [3.63, 3.8) is 0 Å². The van der Waals surface area contributed by atoms with Crippen LogP contribution in [-0.4, -0.2) is 102 Å². The Morgan fingerprint density at radius 2 is 1.98 bits per heavy atom. The highest BCUT2D eigenvalue weighted by atomic mass is 19.1. The smallest absolute Gasteiger partial charge is 0.440 e. The number of hydrogen-bond acceptors (Lipinski definition) is 10. The second-order valence-corrected chi connectivity index (χ2v) is 9.26. The first-order chi connectivity index (χ1) is 19.8. The summed E-state index contributed by atoms with van der Waals surface area (Å²) < 4.78 is 31.6. The number of halogens is 1. The van der Waals surface area contributed by atoms with Crippen LogP contribution in [0.4, 0.5) is 25.4 Å². The zero-order valence-electron chi connectivity index (χ0n) is 22.2. The van der Waals surface area contributed by atoms with E-state index >= 15 is 4.39 Å². The molecule has 14 nitrogen and oxygen atoms in total. The van der Waals surface area contributed by atoms with Gasteiger partial charge in [0.25, 0.3) is 5.91 Å². The predicted molar refractivity (Wildman–Crippen MR) is 141 cm³/mol. The highest BCUT2D eigenvalue weighted by Gasteiger charge is 2.34. The molecule has 2 aromatic heterocycles. The molecule has 216 valence electrons. The van der Waals surface area contributed by atoms with Gasteiger partial charge in [0.15, 0.2) is 11.8 Å². The Bertz CT molecular complexity index is 1420. The summed E-state index contributed by atoms with van der Waals surface area (Å²) in [6.45, 7) is 2.98. The molecule has 3 aromatic rings. The van der Waals surface area contributed by atoms with Crippen LogP contribution in [0.1, 0.15) is 17.4 Å². The highest BCUT2D eigenvalue weighted by molar-refractivity contribution is 5.95. The number of aromatic nitrogens is 3. The van der Waals surface area contributed by atoms with E-state index in [0.29, 0.717) is 43.2 Å². The van der Waals surface area contributed by atoms with Crippen LogP contribution in [-0.2, 0) is 19.0 Å². The van der Waals surface area contributed by atoms with Crippen molar-refractivity contribution in [2.45, 2.75) is 13.0 Å². The van der Waals surface area contributed by atoms with E-state index < -0.39 is 30.1 Å². The van der Waals surface area contributed by atoms with Crippen molar-refractivity contribution >= 4 is 41.1 Å². The number of piperazine rings is 1. The molecule has 15 heteroatoms. The zero-order chi connectivity index (χ0) is 28.9. The fraction of sp³-hybridized carbons (Fsp3) is 0.385. The van der Waals surface area contributed by atoms with E-state index in [4.69, 9.17) is 9.47 Å². The summed E-state index contributed by atoms with van der Waals surface area (Å²) in [6.07, 6.45) is 4.09. The molecule has 0 spiro atoms. The summed E-state index contributed by atoms with van der Waals surface area (Å²) in [5.41, 5.74) is 1.34. The Kier molecular flexibility index (Phi) is 8.12. The minimum Gasteiger partial charge on any atom is -0.440 e. The molecule has 4 heterocycles. The van der Waals surface area contributed by atoms with Gasteiger partial charge in [-0.3, -0.25) is 19.5 Å². The van der Waals surface area contributed by atoms with Gasteiger partial charge in [0.05, 0.1) is 37.3 Å². The fourth-order valence-electron chi connectivity index (χ4n) is 4.57.